The van der Waals surface area contributed by atoms with Crippen LogP contribution in [0.2, 0.25) is 0 Å². The third kappa shape index (κ3) is 4.13. The summed E-state index contributed by atoms with van der Waals surface area (Å²) in [6.07, 6.45) is 5.44. The van der Waals surface area contributed by atoms with Gasteiger partial charge in [-0.15, -0.1) is 4.80 Å². The van der Waals surface area contributed by atoms with Crippen molar-refractivity contribution in [2.45, 2.75) is 38.5 Å². The standard InChI is InChI=1S/C22H24FN5O4/c1-14-6-7-15(32-21-17(13-29)19(31-2)8-9-24-21)12-27(14)22(30)16-4-3-5-18(23)20(16)28-25-10-11-26-28/h3-5,8-11,14-15,29H,6-7,12-13H2,1-2H3/t14-,15-/m1/s1. The molecule has 2 atom stereocenters. The van der Waals surface area contributed by atoms with Crippen molar-refractivity contribution in [3.05, 3.63) is 59.8 Å². The second-order valence-electron chi connectivity index (χ2n) is 7.53. The van der Waals surface area contributed by atoms with Crippen LogP contribution in [-0.4, -0.2) is 61.7 Å². The summed E-state index contributed by atoms with van der Waals surface area (Å²) in [5.74, 6) is -0.173. The van der Waals surface area contributed by atoms with Gasteiger partial charge in [-0.1, -0.05) is 6.07 Å². The Bertz CT molecular complexity index is 1090. The van der Waals surface area contributed by atoms with E-state index in [1.807, 2.05) is 6.92 Å². The van der Waals surface area contributed by atoms with Crippen molar-refractivity contribution in [1.29, 1.82) is 0 Å². The molecule has 1 amide bonds. The number of nitrogens with zero attached hydrogens (tertiary/aromatic N) is 5. The first kappa shape index (κ1) is 21.7. The fourth-order valence-electron chi connectivity index (χ4n) is 3.88. The smallest absolute Gasteiger partial charge is 0.256 e. The van der Waals surface area contributed by atoms with Gasteiger partial charge in [-0.2, -0.15) is 10.2 Å². The Labute approximate surface area is 184 Å². The van der Waals surface area contributed by atoms with Gasteiger partial charge >= 0.3 is 0 Å². The lowest BCUT2D eigenvalue weighted by Crippen LogP contribution is -2.49. The molecule has 0 aliphatic carbocycles. The number of hydrogen-bond donors (Lipinski definition) is 1. The molecular weight excluding hydrogens is 417 g/mol. The zero-order valence-electron chi connectivity index (χ0n) is 17.8. The van der Waals surface area contributed by atoms with E-state index in [-0.39, 0.29) is 48.3 Å². The predicted octanol–water partition coefficient (Wildman–Crippen LogP) is 2.37. The summed E-state index contributed by atoms with van der Waals surface area (Å²) >= 11 is 0. The van der Waals surface area contributed by atoms with Gasteiger partial charge < -0.3 is 19.5 Å². The zero-order valence-corrected chi connectivity index (χ0v) is 17.8. The van der Waals surface area contributed by atoms with E-state index >= 15 is 0 Å². The van der Waals surface area contributed by atoms with Gasteiger partial charge in [-0.05, 0) is 38.0 Å². The number of halogens is 1. The molecule has 4 rings (SSSR count). The highest BCUT2D eigenvalue weighted by molar-refractivity contribution is 5.98. The van der Waals surface area contributed by atoms with Crippen LogP contribution < -0.4 is 9.47 Å². The number of likely N-dealkylation sites (tertiary alicyclic amines) is 1. The predicted molar refractivity (Wildman–Crippen MR) is 112 cm³/mol. The number of hydrogen-bond acceptors (Lipinski definition) is 7. The molecule has 1 N–H and O–H groups in total. The number of aliphatic hydroxyl groups is 1. The summed E-state index contributed by atoms with van der Waals surface area (Å²) in [6, 6.07) is 5.90. The molecule has 1 saturated heterocycles. The maximum atomic E-state index is 14.6. The van der Waals surface area contributed by atoms with Crippen molar-refractivity contribution >= 4 is 5.91 Å². The highest BCUT2D eigenvalue weighted by Gasteiger charge is 2.33. The molecule has 32 heavy (non-hydrogen) atoms. The molecule has 2 aromatic heterocycles. The summed E-state index contributed by atoms with van der Waals surface area (Å²) < 4.78 is 25.9. The Kier molecular flexibility index (Phi) is 6.31. The number of pyridine rings is 1. The van der Waals surface area contributed by atoms with E-state index < -0.39 is 5.82 Å². The highest BCUT2D eigenvalue weighted by atomic mass is 19.1. The maximum Gasteiger partial charge on any atom is 0.256 e. The first-order valence-corrected chi connectivity index (χ1v) is 10.3. The average Bonchev–Trinajstić information content (AvgIpc) is 3.34. The van der Waals surface area contributed by atoms with E-state index in [9.17, 15) is 14.3 Å². The normalized spacial score (nSPS) is 18.4. The fraction of sp³-hybridized carbons (Fsp3) is 0.364. The lowest BCUT2D eigenvalue weighted by atomic mass is 9.99. The number of amides is 1. The van der Waals surface area contributed by atoms with Crippen molar-refractivity contribution in [3.63, 3.8) is 0 Å². The lowest BCUT2D eigenvalue weighted by molar-refractivity contribution is 0.0365. The Balaban J connectivity index is 1.59. The van der Waals surface area contributed by atoms with Crippen LogP contribution in [0, 0.1) is 5.82 Å². The van der Waals surface area contributed by atoms with Crippen molar-refractivity contribution in [3.8, 4) is 17.3 Å². The van der Waals surface area contributed by atoms with Crippen molar-refractivity contribution in [2.75, 3.05) is 13.7 Å². The van der Waals surface area contributed by atoms with Crippen LogP contribution in [0.25, 0.3) is 5.69 Å². The van der Waals surface area contributed by atoms with E-state index in [0.717, 1.165) is 4.80 Å². The molecule has 0 saturated carbocycles. The minimum Gasteiger partial charge on any atom is -0.496 e. The Morgan fingerprint density at radius 3 is 2.72 bits per heavy atom. The molecule has 1 aliphatic rings. The molecule has 3 aromatic rings. The van der Waals surface area contributed by atoms with Crippen LogP contribution in [0.1, 0.15) is 35.7 Å². The summed E-state index contributed by atoms with van der Waals surface area (Å²) in [5, 5.41) is 17.7. The summed E-state index contributed by atoms with van der Waals surface area (Å²) in [5.41, 5.74) is 0.627. The number of ether oxygens (including phenoxy) is 2. The van der Waals surface area contributed by atoms with Gasteiger partial charge in [0.1, 0.15) is 17.5 Å². The van der Waals surface area contributed by atoms with Crippen molar-refractivity contribution in [1.82, 2.24) is 24.9 Å². The van der Waals surface area contributed by atoms with Crippen LogP contribution in [-0.2, 0) is 6.61 Å². The molecule has 0 unspecified atom stereocenters. The molecule has 168 valence electrons. The lowest BCUT2D eigenvalue weighted by Gasteiger charge is -2.38. The first-order valence-electron chi connectivity index (χ1n) is 10.3. The van der Waals surface area contributed by atoms with Crippen LogP contribution in [0.5, 0.6) is 11.6 Å². The summed E-state index contributed by atoms with van der Waals surface area (Å²) in [7, 11) is 1.51. The zero-order chi connectivity index (χ0) is 22.7. The highest BCUT2D eigenvalue weighted by Crippen LogP contribution is 2.30. The van der Waals surface area contributed by atoms with E-state index in [2.05, 4.69) is 15.2 Å². The van der Waals surface area contributed by atoms with Crippen LogP contribution in [0.4, 0.5) is 4.39 Å². The molecule has 0 radical (unpaired) electrons. The van der Waals surface area contributed by atoms with E-state index in [4.69, 9.17) is 9.47 Å². The van der Waals surface area contributed by atoms with Crippen LogP contribution in [0.3, 0.4) is 0 Å². The number of rotatable bonds is 6. The van der Waals surface area contributed by atoms with E-state index in [0.29, 0.717) is 24.2 Å². The molecule has 3 heterocycles. The van der Waals surface area contributed by atoms with Gasteiger partial charge in [0, 0.05) is 12.2 Å². The van der Waals surface area contributed by atoms with Gasteiger partial charge in [0.2, 0.25) is 5.88 Å². The van der Waals surface area contributed by atoms with Gasteiger partial charge in [0.15, 0.2) is 5.82 Å². The largest absolute Gasteiger partial charge is 0.496 e. The van der Waals surface area contributed by atoms with E-state index in [1.54, 1.807) is 17.0 Å². The molecule has 0 spiro atoms. The number of methoxy groups -OCH3 is 1. The topological polar surface area (TPSA) is 103 Å². The Hall–Kier alpha value is -3.53. The second kappa shape index (κ2) is 9.31. The minimum absolute atomic E-state index is 0.00905. The van der Waals surface area contributed by atoms with Crippen molar-refractivity contribution < 1.29 is 23.8 Å². The molecule has 10 heteroatoms. The fourth-order valence-corrected chi connectivity index (χ4v) is 3.88. The monoisotopic (exact) mass is 441 g/mol. The van der Waals surface area contributed by atoms with Gasteiger partial charge in [0.05, 0.1) is 43.8 Å². The van der Waals surface area contributed by atoms with Gasteiger partial charge in [-0.25, -0.2) is 9.37 Å². The Morgan fingerprint density at radius 2 is 2.00 bits per heavy atom. The molecule has 1 fully saturated rings. The second-order valence-corrected chi connectivity index (χ2v) is 7.53. The molecule has 9 nitrogen and oxygen atoms in total. The number of aliphatic hydroxyl groups excluding tert-OH is 1. The minimum atomic E-state index is -0.585. The molecular formula is C22H24FN5O4. The summed E-state index contributed by atoms with van der Waals surface area (Å²) in [6.45, 7) is 1.94. The molecule has 1 aromatic carbocycles. The maximum absolute atomic E-state index is 14.6. The molecule has 1 aliphatic heterocycles. The number of para-hydroxylation sites is 1. The third-order valence-electron chi connectivity index (χ3n) is 5.57. The Morgan fingerprint density at radius 1 is 1.22 bits per heavy atom. The van der Waals surface area contributed by atoms with Gasteiger partial charge in [0.25, 0.3) is 5.91 Å². The molecule has 0 bridgehead atoms. The number of piperidine rings is 1. The number of carbonyl (C=O) groups is 1. The number of benzene rings is 1. The third-order valence-corrected chi connectivity index (χ3v) is 5.57. The number of aromatic nitrogens is 4. The number of carbonyl (C=O) groups excluding carboxylic acids is 1. The summed E-state index contributed by atoms with van der Waals surface area (Å²) in [4.78, 5) is 20.5. The van der Waals surface area contributed by atoms with Gasteiger partial charge in [-0.3, -0.25) is 4.79 Å². The average molecular weight is 441 g/mol. The quantitative estimate of drug-likeness (QED) is 0.627. The van der Waals surface area contributed by atoms with Crippen molar-refractivity contribution in [2.24, 2.45) is 0 Å². The van der Waals surface area contributed by atoms with E-state index in [1.165, 1.54) is 37.8 Å². The van der Waals surface area contributed by atoms with Crippen LogP contribution >= 0.6 is 0 Å². The first-order chi connectivity index (χ1) is 15.5. The SMILES string of the molecule is COc1ccnc(O[C@@H]2CC[C@@H](C)N(C(=O)c3cccc(F)c3-n3nccn3)C2)c1CO. The van der Waals surface area contributed by atoms with Crippen LogP contribution in [0.15, 0.2) is 42.9 Å².